The summed E-state index contributed by atoms with van der Waals surface area (Å²) in [6.45, 7) is 7.09. The normalized spacial score (nSPS) is 12.1. The summed E-state index contributed by atoms with van der Waals surface area (Å²) in [6.07, 6.45) is -0.463. The first-order chi connectivity index (χ1) is 16.9. The molecular weight excluding hydrogens is 487 g/mol. The van der Waals surface area contributed by atoms with Gasteiger partial charge in [0.1, 0.15) is 17.6 Å². The van der Waals surface area contributed by atoms with Gasteiger partial charge in [-0.1, -0.05) is 41.0 Å². The molecule has 0 radical (unpaired) electrons. The number of hydrogen-bond donors (Lipinski definition) is 2. The molecule has 0 saturated carbocycles. The molecule has 0 aliphatic heterocycles. The van der Waals surface area contributed by atoms with Crippen molar-refractivity contribution in [3.8, 4) is 0 Å². The number of nitrogens with zero attached hydrogens (tertiary/aromatic N) is 2. The maximum Gasteiger partial charge on any atom is 0.248 e. The Balaban J connectivity index is 1.97. The molecule has 36 heavy (non-hydrogen) atoms. The SMILES string of the molecule is Cc1cc(NC(=O)CCC(=O)N(c2cccc(F)c2)[C@@H](C(=O)NC(C)(C)C)c2ccccc2Cl)no1. The molecule has 2 aromatic carbocycles. The van der Waals surface area contributed by atoms with Crippen molar-refractivity contribution >= 4 is 40.8 Å². The highest BCUT2D eigenvalue weighted by atomic mass is 35.5. The van der Waals surface area contributed by atoms with Gasteiger partial charge >= 0.3 is 0 Å². The lowest BCUT2D eigenvalue weighted by Crippen LogP contribution is -2.49. The molecule has 1 aromatic heterocycles. The molecule has 8 nitrogen and oxygen atoms in total. The highest BCUT2D eigenvalue weighted by Crippen LogP contribution is 2.33. The van der Waals surface area contributed by atoms with Crippen molar-refractivity contribution in [3.63, 3.8) is 0 Å². The van der Waals surface area contributed by atoms with Gasteiger partial charge in [0.15, 0.2) is 5.82 Å². The summed E-state index contributed by atoms with van der Waals surface area (Å²) in [7, 11) is 0. The molecule has 0 unspecified atom stereocenters. The summed E-state index contributed by atoms with van der Waals surface area (Å²) in [5.41, 5.74) is -0.106. The van der Waals surface area contributed by atoms with Crippen LogP contribution in [0.3, 0.4) is 0 Å². The number of aromatic nitrogens is 1. The van der Waals surface area contributed by atoms with E-state index in [0.29, 0.717) is 11.3 Å². The predicted octanol–water partition coefficient (Wildman–Crippen LogP) is 5.18. The standard InChI is InChI=1S/C26H28ClFN4O4/c1-16-14-21(31-36-16)29-22(33)12-13-23(34)32(18-9-7-8-17(28)15-18)24(25(35)30-26(2,3)4)19-10-5-6-11-20(19)27/h5-11,14-15,24H,12-13H2,1-4H3,(H,30,35)(H,29,31,33)/t24-/m1/s1. The smallest absolute Gasteiger partial charge is 0.248 e. The molecule has 2 N–H and O–H groups in total. The Labute approximate surface area is 213 Å². The summed E-state index contributed by atoms with van der Waals surface area (Å²) in [6, 6.07) is 12.3. The zero-order valence-electron chi connectivity index (χ0n) is 20.5. The molecule has 0 fully saturated rings. The van der Waals surface area contributed by atoms with Crippen molar-refractivity contribution in [1.82, 2.24) is 10.5 Å². The van der Waals surface area contributed by atoms with Crippen molar-refractivity contribution in [2.24, 2.45) is 0 Å². The molecule has 0 aliphatic rings. The monoisotopic (exact) mass is 514 g/mol. The molecule has 0 bridgehead atoms. The number of hydrogen-bond acceptors (Lipinski definition) is 5. The van der Waals surface area contributed by atoms with Crippen LogP contribution in [0.25, 0.3) is 0 Å². The van der Waals surface area contributed by atoms with E-state index < -0.39 is 35.1 Å². The second kappa shape index (κ2) is 11.3. The van der Waals surface area contributed by atoms with Gasteiger partial charge in [0, 0.05) is 40.7 Å². The Kier molecular flexibility index (Phi) is 8.47. The molecule has 0 saturated heterocycles. The van der Waals surface area contributed by atoms with E-state index >= 15 is 0 Å². The Bertz CT molecular complexity index is 1250. The minimum atomic E-state index is -1.21. The van der Waals surface area contributed by atoms with Gasteiger partial charge in [-0.2, -0.15) is 0 Å². The van der Waals surface area contributed by atoms with Gasteiger partial charge in [-0.15, -0.1) is 0 Å². The van der Waals surface area contributed by atoms with Crippen molar-refractivity contribution < 1.29 is 23.3 Å². The van der Waals surface area contributed by atoms with Crippen molar-refractivity contribution in [3.05, 3.63) is 76.8 Å². The Hall–Kier alpha value is -3.72. The minimum Gasteiger partial charge on any atom is -0.360 e. The van der Waals surface area contributed by atoms with E-state index in [0.717, 1.165) is 6.07 Å². The van der Waals surface area contributed by atoms with Gasteiger partial charge in [-0.05, 0) is 52.0 Å². The van der Waals surface area contributed by atoms with Crippen LogP contribution in [-0.4, -0.2) is 28.4 Å². The van der Waals surface area contributed by atoms with Gasteiger partial charge in [0.05, 0.1) is 0 Å². The molecule has 3 amide bonds. The number of amides is 3. The minimum absolute atomic E-state index is 0.154. The highest BCUT2D eigenvalue weighted by Gasteiger charge is 2.35. The quantitative estimate of drug-likeness (QED) is 0.431. The number of anilines is 2. The topological polar surface area (TPSA) is 105 Å². The lowest BCUT2D eigenvalue weighted by Gasteiger charge is -2.34. The van der Waals surface area contributed by atoms with Crippen LogP contribution in [0.15, 0.2) is 59.1 Å². The number of carbonyl (C=O) groups excluding carboxylic acids is 3. The lowest BCUT2D eigenvalue weighted by molar-refractivity contribution is -0.128. The molecule has 3 rings (SSSR count). The predicted molar refractivity (Wildman–Crippen MR) is 135 cm³/mol. The van der Waals surface area contributed by atoms with Crippen molar-refractivity contribution in [2.75, 3.05) is 10.2 Å². The third kappa shape index (κ3) is 7.14. The van der Waals surface area contributed by atoms with E-state index in [9.17, 15) is 18.8 Å². The average Bonchev–Trinajstić information content (AvgIpc) is 3.19. The molecule has 10 heteroatoms. The second-order valence-corrected chi connectivity index (χ2v) is 9.69. The van der Waals surface area contributed by atoms with Crippen LogP contribution in [0.1, 0.15) is 51.0 Å². The van der Waals surface area contributed by atoms with E-state index in [2.05, 4.69) is 15.8 Å². The fourth-order valence-corrected chi connectivity index (χ4v) is 3.81. The third-order valence-electron chi connectivity index (χ3n) is 5.02. The maximum absolute atomic E-state index is 14.2. The Morgan fingerprint density at radius 1 is 1.08 bits per heavy atom. The van der Waals surface area contributed by atoms with Gasteiger partial charge in [-0.25, -0.2) is 4.39 Å². The fourth-order valence-electron chi connectivity index (χ4n) is 3.57. The number of nitrogens with one attached hydrogen (secondary N) is 2. The van der Waals surface area contributed by atoms with E-state index in [1.807, 2.05) is 0 Å². The van der Waals surface area contributed by atoms with E-state index in [1.165, 1.54) is 23.1 Å². The van der Waals surface area contributed by atoms with Crippen LogP contribution in [0.5, 0.6) is 0 Å². The first-order valence-corrected chi connectivity index (χ1v) is 11.7. The molecule has 3 aromatic rings. The summed E-state index contributed by atoms with van der Waals surface area (Å²) >= 11 is 6.45. The number of rotatable bonds is 8. The molecule has 0 spiro atoms. The summed E-state index contributed by atoms with van der Waals surface area (Å²) < 4.78 is 19.1. The fraction of sp³-hybridized carbons (Fsp3) is 0.308. The van der Waals surface area contributed by atoms with Gasteiger partial charge in [0.2, 0.25) is 17.7 Å². The summed E-state index contributed by atoms with van der Waals surface area (Å²) in [4.78, 5) is 40.7. The second-order valence-electron chi connectivity index (χ2n) is 9.28. The van der Waals surface area contributed by atoms with Crippen molar-refractivity contribution in [2.45, 2.75) is 52.1 Å². The molecule has 0 aliphatic carbocycles. The highest BCUT2D eigenvalue weighted by molar-refractivity contribution is 6.31. The summed E-state index contributed by atoms with van der Waals surface area (Å²) in [5.74, 6) is -1.38. The number of carbonyl (C=O) groups is 3. The molecule has 190 valence electrons. The number of benzene rings is 2. The van der Waals surface area contributed by atoms with Crippen LogP contribution in [-0.2, 0) is 14.4 Å². The van der Waals surface area contributed by atoms with Crippen LogP contribution in [0, 0.1) is 12.7 Å². The van der Waals surface area contributed by atoms with Crippen LogP contribution in [0.2, 0.25) is 5.02 Å². The van der Waals surface area contributed by atoms with Crippen molar-refractivity contribution in [1.29, 1.82) is 0 Å². The summed E-state index contributed by atoms with van der Waals surface area (Å²) in [5, 5.41) is 9.40. The molecule has 1 heterocycles. The van der Waals surface area contributed by atoms with Gasteiger partial charge in [0.25, 0.3) is 0 Å². The largest absolute Gasteiger partial charge is 0.360 e. The average molecular weight is 515 g/mol. The van der Waals surface area contributed by atoms with E-state index in [-0.39, 0.29) is 29.4 Å². The van der Waals surface area contributed by atoms with E-state index in [1.54, 1.807) is 58.0 Å². The third-order valence-corrected chi connectivity index (χ3v) is 5.37. The maximum atomic E-state index is 14.2. The van der Waals surface area contributed by atoms with Crippen LogP contribution < -0.4 is 15.5 Å². The lowest BCUT2D eigenvalue weighted by atomic mass is 10.00. The van der Waals surface area contributed by atoms with Crippen LogP contribution >= 0.6 is 11.6 Å². The number of halogens is 2. The number of aryl methyl sites for hydroxylation is 1. The zero-order chi connectivity index (χ0) is 26.5. The Morgan fingerprint density at radius 3 is 2.42 bits per heavy atom. The Morgan fingerprint density at radius 2 is 1.81 bits per heavy atom. The first kappa shape index (κ1) is 26.9. The van der Waals surface area contributed by atoms with E-state index in [4.69, 9.17) is 16.1 Å². The van der Waals surface area contributed by atoms with Gasteiger partial charge < -0.3 is 15.2 Å². The molecule has 1 atom stereocenters. The van der Waals surface area contributed by atoms with Gasteiger partial charge in [-0.3, -0.25) is 19.3 Å². The molecular formula is C26H28ClFN4O4. The van der Waals surface area contributed by atoms with Crippen LogP contribution in [0.4, 0.5) is 15.9 Å². The first-order valence-electron chi connectivity index (χ1n) is 11.3. The zero-order valence-corrected chi connectivity index (χ0v) is 21.2.